The van der Waals surface area contributed by atoms with Crippen molar-refractivity contribution < 1.29 is 14.3 Å². The van der Waals surface area contributed by atoms with Gasteiger partial charge in [0.25, 0.3) is 5.91 Å². The minimum Gasteiger partial charge on any atom is -0.377 e. The highest BCUT2D eigenvalue weighted by Gasteiger charge is 2.28. The summed E-state index contributed by atoms with van der Waals surface area (Å²) in [6, 6.07) is 0. The molecule has 4 nitrogen and oxygen atoms in total. The van der Waals surface area contributed by atoms with Crippen molar-refractivity contribution in [3.05, 3.63) is 0 Å². The van der Waals surface area contributed by atoms with Gasteiger partial charge in [0.2, 0.25) is 5.78 Å². The standard InChI is InChI=1S/C9H15NO3/c1-7(2)13-6-5-10-4-3-8(11)9(10)12/h7H,3-6H2,1-2H3. The van der Waals surface area contributed by atoms with Gasteiger partial charge < -0.3 is 9.64 Å². The van der Waals surface area contributed by atoms with E-state index < -0.39 is 0 Å². The average Bonchev–Trinajstić information content (AvgIpc) is 2.35. The van der Waals surface area contributed by atoms with Gasteiger partial charge in [-0.2, -0.15) is 0 Å². The van der Waals surface area contributed by atoms with Crippen LogP contribution in [-0.2, 0) is 14.3 Å². The lowest BCUT2D eigenvalue weighted by Gasteiger charge is -2.15. The van der Waals surface area contributed by atoms with Crippen LogP contribution in [0.4, 0.5) is 0 Å². The Labute approximate surface area is 77.8 Å². The summed E-state index contributed by atoms with van der Waals surface area (Å²) in [6.07, 6.45) is 0.536. The maximum Gasteiger partial charge on any atom is 0.290 e. The largest absolute Gasteiger partial charge is 0.377 e. The molecule has 0 bridgehead atoms. The molecule has 74 valence electrons. The topological polar surface area (TPSA) is 46.6 Å². The van der Waals surface area contributed by atoms with Gasteiger partial charge >= 0.3 is 0 Å². The fraction of sp³-hybridized carbons (Fsp3) is 0.778. The third-order valence-corrected chi connectivity index (χ3v) is 1.95. The van der Waals surface area contributed by atoms with Gasteiger partial charge in [0.15, 0.2) is 0 Å². The fourth-order valence-electron chi connectivity index (χ4n) is 1.23. The molecule has 1 saturated heterocycles. The van der Waals surface area contributed by atoms with Crippen LogP contribution >= 0.6 is 0 Å². The first kappa shape index (κ1) is 10.2. The summed E-state index contributed by atoms with van der Waals surface area (Å²) in [6.45, 7) is 5.48. The number of Topliss-reactive ketones (excluding diaryl/α,β-unsaturated/α-hetero) is 1. The zero-order chi connectivity index (χ0) is 9.84. The number of nitrogens with zero attached hydrogens (tertiary/aromatic N) is 1. The summed E-state index contributed by atoms with van der Waals surface area (Å²) < 4.78 is 5.28. The molecular weight excluding hydrogens is 170 g/mol. The third kappa shape index (κ3) is 2.81. The van der Waals surface area contributed by atoms with Crippen molar-refractivity contribution in [1.29, 1.82) is 0 Å². The van der Waals surface area contributed by atoms with Crippen LogP contribution in [0.3, 0.4) is 0 Å². The molecule has 0 atom stereocenters. The van der Waals surface area contributed by atoms with E-state index >= 15 is 0 Å². The van der Waals surface area contributed by atoms with E-state index in [0.717, 1.165) is 0 Å². The molecule has 13 heavy (non-hydrogen) atoms. The van der Waals surface area contributed by atoms with Crippen LogP contribution in [0.25, 0.3) is 0 Å². The number of carbonyl (C=O) groups is 2. The van der Waals surface area contributed by atoms with E-state index in [1.807, 2.05) is 13.8 Å². The molecule has 1 heterocycles. The Balaban J connectivity index is 2.23. The summed E-state index contributed by atoms with van der Waals surface area (Å²) in [5.74, 6) is -0.628. The highest BCUT2D eigenvalue weighted by Crippen LogP contribution is 2.05. The number of ketones is 1. The summed E-state index contributed by atoms with van der Waals surface area (Å²) in [5, 5.41) is 0. The van der Waals surface area contributed by atoms with Gasteiger partial charge in [0.1, 0.15) is 0 Å². The van der Waals surface area contributed by atoms with Gasteiger partial charge in [-0.05, 0) is 13.8 Å². The molecule has 0 aromatic rings. The summed E-state index contributed by atoms with van der Waals surface area (Å²) >= 11 is 0. The lowest BCUT2D eigenvalue weighted by atomic mass is 10.3. The molecular formula is C9H15NO3. The number of carbonyl (C=O) groups excluding carboxylic acids is 2. The van der Waals surface area contributed by atoms with E-state index in [1.165, 1.54) is 0 Å². The quantitative estimate of drug-likeness (QED) is 0.588. The summed E-state index contributed by atoms with van der Waals surface area (Å²) in [7, 11) is 0. The van der Waals surface area contributed by atoms with E-state index in [0.29, 0.717) is 26.1 Å². The first-order chi connectivity index (χ1) is 6.11. The molecule has 0 spiro atoms. The monoisotopic (exact) mass is 185 g/mol. The molecule has 1 rings (SSSR count). The van der Waals surface area contributed by atoms with Crippen molar-refractivity contribution in [2.45, 2.75) is 26.4 Å². The minimum absolute atomic E-state index is 0.174. The Kier molecular flexibility index (Phi) is 3.42. The molecule has 0 N–H and O–H groups in total. The van der Waals surface area contributed by atoms with Gasteiger partial charge in [-0.15, -0.1) is 0 Å². The van der Waals surface area contributed by atoms with E-state index in [-0.39, 0.29) is 17.8 Å². The molecule has 4 heteroatoms. The number of ether oxygens (including phenoxy) is 1. The van der Waals surface area contributed by atoms with E-state index in [1.54, 1.807) is 4.90 Å². The predicted molar refractivity (Wildman–Crippen MR) is 47.3 cm³/mol. The van der Waals surface area contributed by atoms with Gasteiger partial charge in [0, 0.05) is 19.5 Å². The number of hydrogen-bond acceptors (Lipinski definition) is 3. The smallest absolute Gasteiger partial charge is 0.290 e. The molecule has 0 unspecified atom stereocenters. The first-order valence-corrected chi connectivity index (χ1v) is 4.55. The SMILES string of the molecule is CC(C)OCCN1CCC(=O)C1=O. The van der Waals surface area contributed by atoms with Crippen molar-refractivity contribution in [3.63, 3.8) is 0 Å². The van der Waals surface area contributed by atoms with Crippen molar-refractivity contribution in [3.8, 4) is 0 Å². The van der Waals surface area contributed by atoms with Crippen LogP contribution in [0.1, 0.15) is 20.3 Å². The van der Waals surface area contributed by atoms with Crippen molar-refractivity contribution >= 4 is 11.7 Å². The average molecular weight is 185 g/mol. The Morgan fingerprint density at radius 3 is 2.62 bits per heavy atom. The second kappa shape index (κ2) is 4.37. The fourth-order valence-corrected chi connectivity index (χ4v) is 1.23. The van der Waals surface area contributed by atoms with Crippen molar-refractivity contribution in [1.82, 2.24) is 4.90 Å². The van der Waals surface area contributed by atoms with Gasteiger partial charge in [0.05, 0.1) is 12.7 Å². The normalized spacial score (nSPS) is 17.6. The Bertz CT molecular complexity index is 213. The second-order valence-corrected chi connectivity index (χ2v) is 3.38. The highest BCUT2D eigenvalue weighted by atomic mass is 16.5. The lowest BCUT2D eigenvalue weighted by Crippen LogP contribution is -2.31. The number of rotatable bonds is 4. The van der Waals surface area contributed by atoms with Crippen LogP contribution in [0.15, 0.2) is 0 Å². The van der Waals surface area contributed by atoms with E-state index in [4.69, 9.17) is 4.74 Å². The Hall–Kier alpha value is -0.900. The van der Waals surface area contributed by atoms with Gasteiger partial charge in [-0.1, -0.05) is 0 Å². The lowest BCUT2D eigenvalue weighted by molar-refractivity contribution is -0.140. The van der Waals surface area contributed by atoms with Crippen LogP contribution in [-0.4, -0.2) is 42.4 Å². The van der Waals surface area contributed by atoms with Gasteiger partial charge in [-0.25, -0.2) is 0 Å². The van der Waals surface area contributed by atoms with Crippen LogP contribution in [0, 0.1) is 0 Å². The molecule has 0 radical (unpaired) electrons. The second-order valence-electron chi connectivity index (χ2n) is 3.38. The first-order valence-electron chi connectivity index (χ1n) is 4.55. The molecule has 1 amide bonds. The molecule has 0 aliphatic carbocycles. The van der Waals surface area contributed by atoms with E-state index in [9.17, 15) is 9.59 Å². The predicted octanol–water partition coefficient (Wildman–Crippen LogP) is 0.213. The maximum atomic E-state index is 11.1. The third-order valence-electron chi connectivity index (χ3n) is 1.95. The molecule has 1 aliphatic rings. The van der Waals surface area contributed by atoms with Crippen molar-refractivity contribution in [2.75, 3.05) is 19.7 Å². The number of amides is 1. The van der Waals surface area contributed by atoms with E-state index in [2.05, 4.69) is 0 Å². The molecule has 0 saturated carbocycles. The molecule has 0 aromatic carbocycles. The summed E-state index contributed by atoms with van der Waals surface area (Å²) in [5.41, 5.74) is 0. The summed E-state index contributed by atoms with van der Waals surface area (Å²) in [4.78, 5) is 23.5. The number of hydrogen-bond donors (Lipinski definition) is 0. The van der Waals surface area contributed by atoms with Gasteiger partial charge in [-0.3, -0.25) is 9.59 Å². The minimum atomic E-state index is -0.354. The Morgan fingerprint density at radius 1 is 1.46 bits per heavy atom. The zero-order valence-corrected chi connectivity index (χ0v) is 8.08. The molecule has 0 aromatic heterocycles. The Morgan fingerprint density at radius 2 is 2.15 bits per heavy atom. The highest BCUT2D eigenvalue weighted by molar-refractivity contribution is 6.37. The molecule has 1 aliphatic heterocycles. The number of likely N-dealkylation sites (tertiary alicyclic amines) is 1. The maximum absolute atomic E-state index is 11.1. The van der Waals surface area contributed by atoms with Crippen LogP contribution in [0.2, 0.25) is 0 Å². The van der Waals surface area contributed by atoms with Crippen LogP contribution < -0.4 is 0 Å². The zero-order valence-electron chi connectivity index (χ0n) is 8.08. The van der Waals surface area contributed by atoms with Crippen molar-refractivity contribution in [2.24, 2.45) is 0 Å². The molecule has 1 fully saturated rings. The van der Waals surface area contributed by atoms with Crippen LogP contribution in [0.5, 0.6) is 0 Å².